The molecule has 1 aliphatic heterocycles. The predicted octanol–water partition coefficient (Wildman–Crippen LogP) is 3.82. The van der Waals surface area contributed by atoms with E-state index in [1.165, 1.54) is 12.0 Å². The summed E-state index contributed by atoms with van der Waals surface area (Å²) in [6.45, 7) is 8.69. The molecule has 0 radical (unpaired) electrons. The molecule has 0 saturated carbocycles. The maximum atomic E-state index is 12.8. The summed E-state index contributed by atoms with van der Waals surface area (Å²) in [7, 11) is 0. The first-order valence-corrected chi connectivity index (χ1v) is 9.05. The van der Waals surface area contributed by atoms with Gasteiger partial charge in [-0.1, -0.05) is 19.1 Å². The summed E-state index contributed by atoms with van der Waals surface area (Å²) in [5, 5.41) is 0. The van der Waals surface area contributed by atoms with Crippen LogP contribution in [0.25, 0.3) is 0 Å². The highest BCUT2D eigenvalue weighted by molar-refractivity contribution is 5.92. The van der Waals surface area contributed by atoms with E-state index in [-0.39, 0.29) is 5.91 Å². The van der Waals surface area contributed by atoms with Crippen LogP contribution in [-0.2, 0) is 0 Å². The van der Waals surface area contributed by atoms with Crippen LogP contribution in [0.3, 0.4) is 0 Å². The molecule has 1 saturated heterocycles. The van der Waals surface area contributed by atoms with Crippen LogP contribution < -0.4 is 4.90 Å². The molecule has 5 heteroatoms. The molecule has 1 aliphatic rings. The van der Waals surface area contributed by atoms with Crippen LogP contribution in [0, 0.1) is 12.8 Å². The van der Waals surface area contributed by atoms with Crippen LogP contribution >= 0.6 is 0 Å². The third kappa shape index (κ3) is 3.98. The summed E-state index contributed by atoms with van der Waals surface area (Å²) in [6, 6.07) is 9.96. The van der Waals surface area contributed by atoms with E-state index in [0.717, 1.165) is 31.7 Å². The van der Waals surface area contributed by atoms with Gasteiger partial charge in [0.2, 0.25) is 5.95 Å². The van der Waals surface area contributed by atoms with Crippen molar-refractivity contribution in [1.29, 1.82) is 0 Å². The average molecular weight is 338 g/mol. The summed E-state index contributed by atoms with van der Waals surface area (Å²) < 4.78 is 0. The van der Waals surface area contributed by atoms with Crippen LogP contribution in [0.4, 0.5) is 11.6 Å². The molecule has 0 aliphatic carbocycles. The molecule has 1 aromatic heterocycles. The lowest BCUT2D eigenvalue weighted by molar-refractivity contribution is 0.0677. The number of rotatable bonds is 4. The number of carbonyl (C=O) groups excluding carboxylic acids is 1. The Balaban J connectivity index is 1.86. The quantitative estimate of drug-likeness (QED) is 0.850. The summed E-state index contributed by atoms with van der Waals surface area (Å²) in [5.41, 5.74) is 2.70. The van der Waals surface area contributed by atoms with E-state index < -0.39 is 0 Å². The molecule has 1 aromatic carbocycles. The first-order chi connectivity index (χ1) is 12.1. The predicted molar refractivity (Wildman–Crippen MR) is 100 cm³/mol. The second kappa shape index (κ2) is 7.64. The van der Waals surface area contributed by atoms with Gasteiger partial charge in [0.1, 0.15) is 5.69 Å². The maximum absolute atomic E-state index is 12.8. The number of benzene rings is 1. The monoisotopic (exact) mass is 338 g/mol. The van der Waals surface area contributed by atoms with Gasteiger partial charge in [-0.15, -0.1) is 0 Å². The number of piperidine rings is 1. The molecule has 0 N–H and O–H groups in total. The lowest BCUT2D eigenvalue weighted by Gasteiger charge is -2.30. The number of anilines is 2. The van der Waals surface area contributed by atoms with E-state index in [1.807, 2.05) is 21.9 Å². The van der Waals surface area contributed by atoms with E-state index in [0.29, 0.717) is 17.6 Å². The van der Waals surface area contributed by atoms with E-state index >= 15 is 0 Å². The number of carbonyl (C=O) groups is 1. The molecule has 1 unspecified atom stereocenters. The zero-order valence-electron chi connectivity index (χ0n) is 15.3. The summed E-state index contributed by atoms with van der Waals surface area (Å²) in [6.07, 6.45) is 3.94. The van der Waals surface area contributed by atoms with Gasteiger partial charge in [0, 0.05) is 31.5 Å². The van der Waals surface area contributed by atoms with Crippen molar-refractivity contribution >= 4 is 17.5 Å². The number of hydrogen-bond acceptors (Lipinski definition) is 4. The number of hydrogen-bond donors (Lipinski definition) is 0. The fourth-order valence-corrected chi connectivity index (χ4v) is 3.37. The molecule has 5 nitrogen and oxygen atoms in total. The topological polar surface area (TPSA) is 49.3 Å². The van der Waals surface area contributed by atoms with Crippen molar-refractivity contribution in [3.8, 4) is 0 Å². The van der Waals surface area contributed by atoms with Gasteiger partial charge >= 0.3 is 0 Å². The highest BCUT2D eigenvalue weighted by atomic mass is 16.2. The number of nitrogens with zero attached hydrogens (tertiary/aromatic N) is 4. The van der Waals surface area contributed by atoms with Crippen molar-refractivity contribution in [3.05, 3.63) is 47.8 Å². The van der Waals surface area contributed by atoms with Crippen molar-refractivity contribution in [2.75, 3.05) is 24.5 Å². The third-order valence-corrected chi connectivity index (χ3v) is 4.68. The molecule has 2 heterocycles. The Kier molecular flexibility index (Phi) is 5.31. The molecule has 0 bridgehead atoms. The summed E-state index contributed by atoms with van der Waals surface area (Å²) in [5.74, 6) is 1.14. The standard InChI is InChI=1S/C20H26N4O/c1-4-24(17-9-5-7-15(2)13-17)20-21-11-10-18(22-20)19(25)23-12-6-8-16(3)14-23/h5,7,9-11,13,16H,4,6,8,12,14H2,1-3H3. The summed E-state index contributed by atoms with van der Waals surface area (Å²) >= 11 is 0. The molecule has 3 rings (SSSR count). The van der Waals surface area contributed by atoms with Crippen LogP contribution in [-0.4, -0.2) is 40.4 Å². The van der Waals surface area contributed by atoms with Gasteiger partial charge in [0.15, 0.2) is 0 Å². The Hall–Kier alpha value is -2.43. The molecule has 1 atom stereocenters. The maximum Gasteiger partial charge on any atom is 0.272 e. The fraction of sp³-hybridized carbons (Fsp3) is 0.450. The zero-order valence-corrected chi connectivity index (χ0v) is 15.3. The first-order valence-electron chi connectivity index (χ1n) is 9.05. The van der Waals surface area contributed by atoms with Gasteiger partial charge in [-0.2, -0.15) is 0 Å². The number of likely N-dealkylation sites (tertiary alicyclic amines) is 1. The van der Waals surface area contributed by atoms with Gasteiger partial charge in [-0.3, -0.25) is 4.79 Å². The Labute approximate surface area is 149 Å². The van der Waals surface area contributed by atoms with E-state index in [4.69, 9.17) is 0 Å². The number of aryl methyl sites for hydroxylation is 1. The van der Waals surface area contributed by atoms with Crippen molar-refractivity contribution in [2.45, 2.75) is 33.6 Å². The number of aromatic nitrogens is 2. The largest absolute Gasteiger partial charge is 0.337 e. The van der Waals surface area contributed by atoms with Crippen LogP contribution in [0.5, 0.6) is 0 Å². The van der Waals surface area contributed by atoms with Crippen molar-refractivity contribution in [3.63, 3.8) is 0 Å². The lowest BCUT2D eigenvalue weighted by Crippen LogP contribution is -2.39. The molecule has 2 aromatic rings. The van der Waals surface area contributed by atoms with E-state index in [1.54, 1.807) is 12.3 Å². The smallest absolute Gasteiger partial charge is 0.272 e. The third-order valence-electron chi connectivity index (χ3n) is 4.68. The van der Waals surface area contributed by atoms with Gasteiger partial charge in [0.25, 0.3) is 5.91 Å². The van der Waals surface area contributed by atoms with Crippen LogP contribution in [0.15, 0.2) is 36.5 Å². The van der Waals surface area contributed by atoms with E-state index in [9.17, 15) is 4.79 Å². The second-order valence-corrected chi connectivity index (χ2v) is 6.82. The van der Waals surface area contributed by atoms with E-state index in [2.05, 4.69) is 42.9 Å². The lowest BCUT2D eigenvalue weighted by atomic mass is 10.00. The van der Waals surface area contributed by atoms with Gasteiger partial charge in [0.05, 0.1) is 0 Å². The molecular weight excluding hydrogens is 312 g/mol. The SMILES string of the molecule is CCN(c1cccc(C)c1)c1nccc(C(=O)N2CCCC(C)C2)n1. The van der Waals surface area contributed by atoms with Crippen molar-refractivity contribution in [1.82, 2.24) is 14.9 Å². The van der Waals surface area contributed by atoms with Crippen LogP contribution in [0.2, 0.25) is 0 Å². The average Bonchev–Trinajstić information content (AvgIpc) is 2.62. The summed E-state index contributed by atoms with van der Waals surface area (Å²) in [4.78, 5) is 25.7. The van der Waals surface area contributed by atoms with Gasteiger partial charge in [-0.05, 0) is 56.4 Å². The molecule has 132 valence electrons. The van der Waals surface area contributed by atoms with Gasteiger partial charge in [-0.25, -0.2) is 9.97 Å². The highest BCUT2D eigenvalue weighted by Gasteiger charge is 2.23. The zero-order chi connectivity index (χ0) is 17.8. The fourth-order valence-electron chi connectivity index (χ4n) is 3.37. The normalized spacial score (nSPS) is 17.4. The molecule has 1 amide bonds. The van der Waals surface area contributed by atoms with Gasteiger partial charge < -0.3 is 9.80 Å². The number of amides is 1. The minimum Gasteiger partial charge on any atom is -0.337 e. The molecule has 25 heavy (non-hydrogen) atoms. The van der Waals surface area contributed by atoms with Crippen LogP contribution in [0.1, 0.15) is 42.7 Å². The minimum absolute atomic E-state index is 0.00972. The Morgan fingerprint density at radius 1 is 1.36 bits per heavy atom. The second-order valence-electron chi connectivity index (χ2n) is 6.82. The Morgan fingerprint density at radius 3 is 2.92 bits per heavy atom. The van der Waals surface area contributed by atoms with Crippen molar-refractivity contribution in [2.24, 2.45) is 5.92 Å². The van der Waals surface area contributed by atoms with Crippen molar-refractivity contribution < 1.29 is 4.79 Å². The molecule has 0 spiro atoms. The first kappa shape index (κ1) is 17.4. The Morgan fingerprint density at radius 2 is 2.20 bits per heavy atom. The molecule has 1 fully saturated rings. The Bertz CT molecular complexity index is 746. The minimum atomic E-state index is 0.00972. The molecular formula is C20H26N4O. The highest BCUT2D eigenvalue weighted by Crippen LogP contribution is 2.23.